The first-order valence-corrected chi connectivity index (χ1v) is 8.86. The van der Waals surface area contributed by atoms with E-state index in [0.717, 1.165) is 17.8 Å². The molecule has 2 fully saturated rings. The molecule has 0 nitrogen and oxygen atoms in total. The molecule has 2 saturated carbocycles. The standard InChI is InChI=1S/C18H34/c1-16-11-9-7-5-3-2-4-6-8-10-12-17-15-18(17)14-13-16/h16-18H,2-15H2,1H3. The molecule has 2 aliphatic carbocycles. The van der Waals surface area contributed by atoms with Gasteiger partial charge in [0, 0.05) is 0 Å². The SMILES string of the molecule is CC1CCCCCCCCCCCC2CC2CC1. The van der Waals surface area contributed by atoms with E-state index in [1.165, 1.54) is 70.6 Å². The summed E-state index contributed by atoms with van der Waals surface area (Å²) in [6.07, 6.45) is 21.2. The van der Waals surface area contributed by atoms with Gasteiger partial charge in [-0.15, -0.1) is 0 Å². The molecule has 0 saturated heterocycles. The highest BCUT2D eigenvalue weighted by atomic mass is 14.4. The van der Waals surface area contributed by atoms with Gasteiger partial charge < -0.3 is 0 Å². The van der Waals surface area contributed by atoms with Crippen molar-refractivity contribution in [3.8, 4) is 0 Å². The fourth-order valence-corrected chi connectivity index (χ4v) is 3.80. The molecule has 0 aromatic heterocycles. The molecule has 2 rings (SSSR count). The summed E-state index contributed by atoms with van der Waals surface area (Å²) in [6.45, 7) is 2.49. The highest BCUT2D eigenvalue weighted by Crippen LogP contribution is 2.46. The molecule has 0 aliphatic heterocycles. The Balaban J connectivity index is 1.64. The van der Waals surface area contributed by atoms with Crippen LogP contribution in [0.3, 0.4) is 0 Å². The van der Waals surface area contributed by atoms with Gasteiger partial charge in [0.2, 0.25) is 0 Å². The van der Waals surface area contributed by atoms with Gasteiger partial charge in [0.15, 0.2) is 0 Å². The molecule has 0 heterocycles. The van der Waals surface area contributed by atoms with Crippen LogP contribution in [0, 0.1) is 17.8 Å². The van der Waals surface area contributed by atoms with Crippen molar-refractivity contribution < 1.29 is 0 Å². The Morgan fingerprint density at radius 3 is 1.67 bits per heavy atom. The van der Waals surface area contributed by atoms with E-state index >= 15 is 0 Å². The Bertz CT molecular complexity index is 206. The molecule has 0 radical (unpaired) electrons. The van der Waals surface area contributed by atoms with E-state index < -0.39 is 0 Å². The zero-order valence-corrected chi connectivity index (χ0v) is 12.6. The minimum absolute atomic E-state index is 0.999. The van der Waals surface area contributed by atoms with E-state index in [1.54, 1.807) is 19.3 Å². The molecule has 3 atom stereocenters. The summed E-state index contributed by atoms with van der Waals surface area (Å²) in [6, 6.07) is 0. The van der Waals surface area contributed by atoms with Gasteiger partial charge in [-0.3, -0.25) is 0 Å². The third-order valence-electron chi connectivity index (χ3n) is 5.37. The van der Waals surface area contributed by atoms with Crippen molar-refractivity contribution in [1.82, 2.24) is 0 Å². The molecule has 0 spiro atoms. The molecule has 18 heavy (non-hydrogen) atoms. The highest BCUT2D eigenvalue weighted by molar-refractivity contribution is 4.86. The van der Waals surface area contributed by atoms with Gasteiger partial charge in [0.1, 0.15) is 0 Å². The Morgan fingerprint density at radius 2 is 1.00 bits per heavy atom. The first-order valence-electron chi connectivity index (χ1n) is 8.86. The van der Waals surface area contributed by atoms with Gasteiger partial charge in [-0.25, -0.2) is 0 Å². The Hall–Kier alpha value is 0. The van der Waals surface area contributed by atoms with Crippen LogP contribution in [0.5, 0.6) is 0 Å². The third kappa shape index (κ3) is 5.76. The Morgan fingerprint density at radius 1 is 0.500 bits per heavy atom. The van der Waals surface area contributed by atoms with E-state index in [1.807, 2.05) is 0 Å². The summed E-state index contributed by atoms with van der Waals surface area (Å²) in [5, 5.41) is 0. The first-order chi connectivity index (χ1) is 8.86. The highest BCUT2D eigenvalue weighted by Gasteiger charge is 2.35. The summed E-state index contributed by atoms with van der Waals surface area (Å²) in [5.74, 6) is 3.28. The molecule has 0 aromatic carbocycles. The fraction of sp³-hybridized carbons (Fsp3) is 1.00. The van der Waals surface area contributed by atoms with Crippen molar-refractivity contribution in [3.63, 3.8) is 0 Å². The smallest absolute Gasteiger partial charge is 0.0383 e. The number of rotatable bonds is 0. The van der Waals surface area contributed by atoms with Gasteiger partial charge in [-0.1, -0.05) is 84.0 Å². The van der Waals surface area contributed by atoms with E-state index in [2.05, 4.69) is 6.92 Å². The number of fused-ring (bicyclic) bond motifs is 1. The monoisotopic (exact) mass is 250 g/mol. The predicted molar refractivity (Wildman–Crippen MR) is 80.8 cm³/mol. The molecule has 106 valence electrons. The van der Waals surface area contributed by atoms with Gasteiger partial charge in [-0.05, 0) is 30.6 Å². The van der Waals surface area contributed by atoms with Crippen molar-refractivity contribution in [1.29, 1.82) is 0 Å². The van der Waals surface area contributed by atoms with Crippen molar-refractivity contribution in [2.45, 2.75) is 96.8 Å². The van der Waals surface area contributed by atoms with Crippen molar-refractivity contribution >= 4 is 0 Å². The number of hydrogen-bond donors (Lipinski definition) is 0. The fourth-order valence-electron chi connectivity index (χ4n) is 3.80. The molecule has 2 aliphatic rings. The molecule has 3 unspecified atom stereocenters. The van der Waals surface area contributed by atoms with Crippen molar-refractivity contribution in [2.75, 3.05) is 0 Å². The maximum atomic E-state index is 2.49. The third-order valence-corrected chi connectivity index (χ3v) is 5.37. The van der Waals surface area contributed by atoms with Crippen LogP contribution in [0.1, 0.15) is 96.8 Å². The quantitative estimate of drug-likeness (QED) is 0.470. The lowest BCUT2D eigenvalue weighted by Crippen LogP contribution is -1.97. The molecular formula is C18H34. The zero-order valence-electron chi connectivity index (χ0n) is 12.6. The van der Waals surface area contributed by atoms with E-state index in [-0.39, 0.29) is 0 Å². The second-order valence-corrected chi connectivity index (χ2v) is 7.20. The van der Waals surface area contributed by atoms with Crippen LogP contribution in [-0.4, -0.2) is 0 Å². The van der Waals surface area contributed by atoms with Crippen LogP contribution < -0.4 is 0 Å². The molecule has 0 N–H and O–H groups in total. The summed E-state index contributed by atoms with van der Waals surface area (Å²) < 4.78 is 0. The van der Waals surface area contributed by atoms with Crippen molar-refractivity contribution in [3.05, 3.63) is 0 Å². The maximum Gasteiger partial charge on any atom is -0.0383 e. The van der Waals surface area contributed by atoms with Gasteiger partial charge >= 0.3 is 0 Å². The second kappa shape index (κ2) is 8.23. The Kier molecular flexibility index (Phi) is 6.59. The van der Waals surface area contributed by atoms with Crippen LogP contribution in [0.25, 0.3) is 0 Å². The minimum Gasteiger partial charge on any atom is -0.0625 e. The second-order valence-electron chi connectivity index (χ2n) is 7.20. The Labute approximate surface area is 115 Å². The topological polar surface area (TPSA) is 0 Å². The average Bonchev–Trinajstić information content (AvgIpc) is 3.11. The largest absolute Gasteiger partial charge is 0.0625 e. The molecule has 0 amide bonds. The van der Waals surface area contributed by atoms with E-state index in [9.17, 15) is 0 Å². The minimum atomic E-state index is 0.999. The average molecular weight is 250 g/mol. The lowest BCUT2D eigenvalue weighted by Gasteiger charge is -2.11. The maximum absolute atomic E-state index is 2.49. The molecule has 0 aromatic rings. The van der Waals surface area contributed by atoms with E-state index in [4.69, 9.17) is 0 Å². The van der Waals surface area contributed by atoms with E-state index in [0.29, 0.717) is 0 Å². The summed E-state index contributed by atoms with van der Waals surface area (Å²) in [7, 11) is 0. The van der Waals surface area contributed by atoms with Crippen LogP contribution in [0.2, 0.25) is 0 Å². The first kappa shape index (κ1) is 14.4. The predicted octanol–water partition coefficient (Wildman–Crippen LogP) is 6.34. The number of hydrogen-bond acceptors (Lipinski definition) is 0. The van der Waals surface area contributed by atoms with Crippen LogP contribution in [0.15, 0.2) is 0 Å². The molecular weight excluding hydrogens is 216 g/mol. The zero-order chi connectivity index (χ0) is 12.6. The normalized spacial score (nSPS) is 36.8. The van der Waals surface area contributed by atoms with Gasteiger partial charge in [-0.2, -0.15) is 0 Å². The molecule has 0 heteroatoms. The van der Waals surface area contributed by atoms with Gasteiger partial charge in [0.05, 0.1) is 0 Å². The van der Waals surface area contributed by atoms with Gasteiger partial charge in [0.25, 0.3) is 0 Å². The summed E-state index contributed by atoms with van der Waals surface area (Å²) in [5.41, 5.74) is 0. The summed E-state index contributed by atoms with van der Waals surface area (Å²) in [4.78, 5) is 0. The lowest BCUT2D eigenvalue weighted by molar-refractivity contribution is 0.418. The van der Waals surface area contributed by atoms with Crippen LogP contribution >= 0.6 is 0 Å². The lowest BCUT2D eigenvalue weighted by atomic mass is 9.95. The molecule has 0 bridgehead atoms. The van der Waals surface area contributed by atoms with Crippen LogP contribution in [-0.2, 0) is 0 Å². The summed E-state index contributed by atoms with van der Waals surface area (Å²) >= 11 is 0. The van der Waals surface area contributed by atoms with Crippen LogP contribution in [0.4, 0.5) is 0 Å². The van der Waals surface area contributed by atoms with Crippen molar-refractivity contribution in [2.24, 2.45) is 17.8 Å².